The summed E-state index contributed by atoms with van der Waals surface area (Å²) in [4.78, 5) is 0. The maximum atomic E-state index is 13.9. The van der Waals surface area contributed by atoms with Gasteiger partial charge in [-0.25, -0.2) is 8.78 Å². The summed E-state index contributed by atoms with van der Waals surface area (Å²) < 4.78 is 27.2. The van der Waals surface area contributed by atoms with E-state index in [1.54, 1.807) is 12.1 Å². The maximum absolute atomic E-state index is 13.9. The van der Waals surface area contributed by atoms with Crippen LogP contribution in [0, 0.1) is 17.6 Å². The predicted octanol–water partition coefficient (Wildman–Crippen LogP) is 7.24. The molecule has 0 aliphatic heterocycles. The highest BCUT2D eigenvalue weighted by molar-refractivity contribution is 5.87. The number of hydrogen-bond acceptors (Lipinski definition) is 0. The SMILES string of the molecule is C=C[C@H]1CC[C@H](c2ccc(-c3ccc4c(F)c(F)ccc4c3)cc2)CC1. The van der Waals surface area contributed by atoms with Crippen molar-refractivity contribution in [3.63, 3.8) is 0 Å². The van der Waals surface area contributed by atoms with Crippen LogP contribution in [0.1, 0.15) is 37.2 Å². The van der Waals surface area contributed by atoms with Crippen molar-refractivity contribution in [3.8, 4) is 11.1 Å². The molecule has 3 aromatic carbocycles. The van der Waals surface area contributed by atoms with Gasteiger partial charge in [-0.15, -0.1) is 6.58 Å². The highest BCUT2D eigenvalue weighted by Gasteiger charge is 2.20. The number of hydrogen-bond donors (Lipinski definition) is 0. The van der Waals surface area contributed by atoms with Gasteiger partial charge in [-0.3, -0.25) is 0 Å². The van der Waals surface area contributed by atoms with E-state index in [9.17, 15) is 8.78 Å². The summed E-state index contributed by atoms with van der Waals surface area (Å²) in [6.07, 6.45) is 6.98. The maximum Gasteiger partial charge on any atom is 0.166 e. The highest BCUT2D eigenvalue weighted by Crippen LogP contribution is 2.37. The van der Waals surface area contributed by atoms with Crippen molar-refractivity contribution in [2.75, 3.05) is 0 Å². The molecule has 1 aliphatic rings. The van der Waals surface area contributed by atoms with Gasteiger partial charge in [-0.05, 0) is 71.7 Å². The molecule has 0 nitrogen and oxygen atoms in total. The van der Waals surface area contributed by atoms with Crippen molar-refractivity contribution in [1.29, 1.82) is 0 Å². The molecule has 0 bridgehead atoms. The first kappa shape index (κ1) is 17.0. The van der Waals surface area contributed by atoms with Gasteiger partial charge in [0, 0.05) is 5.39 Å². The van der Waals surface area contributed by atoms with Crippen molar-refractivity contribution in [1.82, 2.24) is 0 Å². The molecule has 2 heteroatoms. The van der Waals surface area contributed by atoms with Crippen LogP contribution in [-0.2, 0) is 0 Å². The molecule has 0 saturated heterocycles. The Labute approximate surface area is 153 Å². The summed E-state index contributed by atoms with van der Waals surface area (Å²) in [6.45, 7) is 3.91. The lowest BCUT2D eigenvalue weighted by Gasteiger charge is -2.27. The standard InChI is InChI=1S/C24H22F2/c1-2-16-3-5-17(6-4-16)18-7-9-19(10-8-18)20-11-13-22-21(15-20)12-14-23(25)24(22)26/h2,7-17H,1,3-6H2/t16-,17-. The Balaban J connectivity index is 1.58. The van der Waals surface area contributed by atoms with Gasteiger partial charge >= 0.3 is 0 Å². The van der Waals surface area contributed by atoms with E-state index in [0.29, 0.717) is 22.6 Å². The fourth-order valence-corrected chi connectivity index (χ4v) is 4.08. The minimum atomic E-state index is -0.805. The normalized spacial score (nSPS) is 20.2. The van der Waals surface area contributed by atoms with Crippen LogP contribution in [0.2, 0.25) is 0 Å². The third kappa shape index (κ3) is 3.16. The molecule has 0 atom stereocenters. The van der Waals surface area contributed by atoms with Gasteiger partial charge < -0.3 is 0 Å². The van der Waals surface area contributed by atoms with E-state index in [2.05, 4.69) is 36.9 Å². The Kier molecular flexibility index (Phi) is 4.58. The van der Waals surface area contributed by atoms with Crippen molar-refractivity contribution >= 4 is 10.8 Å². The zero-order valence-electron chi connectivity index (χ0n) is 14.7. The van der Waals surface area contributed by atoms with Gasteiger partial charge in [-0.2, -0.15) is 0 Å². The van der Waals surface area contributed by atoms with Gasteiger partial charge in [0.05, 0.1) is 0 Å². The van der Waals surface area contributed by atoms with Gasteiger partial charge in [-0.1, -0.05) is 48.5 Å². The smallest absolute Gasteiger partial charge is 0.166 e. The molecule has 0 spiro atoms. The van der Waals surface area contributed by atoms with Crippen LogP contribution in [0.3, 0.4) is 0 Å². The molecule has 1 saturated carbocycles. The van der Waals surface area contributed by atoms with E-state index in [-0.39, 0.29) is 0 Å². The number of halogens is 2. The largest absolute Gasteiger partial charge is 0.204 e. The molecule has 132 valence electrons. The zero-order valence-corrected chi connectivity index (χ0v) is 14.7. The van der Waals surface area contributed by atoms with E-state index in [1.807, 2.05) is 12.1 Å². The van der Waals surface area contributed by atoms with Crippen LogP contribution in [0.15, 0.2) is 67.3 Å². The lowest BCUT2D eigenvalue weighted by atomic mass is 9.78. The van der Waals surface area contributed by atoms with Crippen LogP contribution >= 0.6 is 0 Å². The minimum Gasteiger partial charge on any atom is -0.204 e. The Hall–Kier alpha value is -2.48. The fraction of sp³-hybridized carbons (Fsp3) is 0.250. The zero-order chi connectivity index (χ0) is 18.1. The Morgan fingerprint density at radius 2 is 1.50 bits per heavy atom. The van der Waals surface area contributed by atoms with Crippen LogP contribution in [0.5, 0.6) is 0 Å². The first-order valence-corrected chi connectivity index (χ1v) is 9.26. The van der Waals surface area contributed by atoms with Crippen LogP contribution in [0.4, 0.5) is 8.78 Å². The first-order chi connectivity index (χ1) is 12.7. The molecule has 26 heavy (non-hydrogen) atoms. The highest BCUT2D eigenvalue weighted by atomic mass is 19.2. The Morgan fingerprint density at radius 1 is 0.808 bits per heavy atom. The second kappa shape index (κ2) is 7.03. The van der Waals surface area contributed by atoms with Crippen molar-refractivity contribution in [3.05, 3.63) is 84.5 Å². The minimum absolute atomic E-state index is 0.323. The van der Waals surface area contributed by atoms with Crippen LogP contribution in [0.25, 0.3) is 21.9 Å². The molecule has 0 unspecified atom stereocenters. The Morgan fingerprint density at radius 3 is 2.19 bits per heavy atom. The average molecular weight is 348 g/mol. The molecular weight excluding hydrogens is 326 g/mol. The van der Waals surface area contributed by atoms with Crippen molar-refractivity contribution in [2.45, 2.75) is 31.6 Å². The summed E-state index contributed by atoms with van der Waals surface area (Å²) in [5, 5.41) is 1.04. The monoisotopic (exact) mass is 348 g/mol. The lowest BCUT2D eigenvalue weighted by molar-refractivity contribution is 0.376. The fourth-order valence-electron chi connectivity index (χ4n) is 4.08. The number of rotatable bonds is 3. The topological polar surface area (TPSA) is 0 Å². The summed E-state index contributed by atoms with van der Waals surface area (Å²) in [5.41, 5.74) is 3.51. The first-order valence-electron chi connectivity index (χ1n) is 9.26. The second-order valence-corrected chi connectivity index (χ2v) is 7.27. The van der Waals surface area contributed by atoms with E-state index in [4.69, 9.17) is 0 Å². The third-order valence-electron chi connectivity index (χ3n) is 5.73. The third-order valence-corrected chi connectivity index (χ3v) is 5.73. The van der Waals surface area contributed by atoms with Gasteiger partial charge in [0.25, 0.3) is 0 Å². The summed E-state index contributed by atoms with van der Waals surface area (Å²) in [6, 6.07) is 16.9. The summed E-state index contributed by atoms with van der Waals surface area (Å²) in [5.74, 6) is -0.275. The molecule has 3 aromatic rings. The average Bonchev–Trinajstić information content (AvgIpc) is 2.71. The van der Waals surface area contributed by atoms with E-state index in [0.717, 1.165) is 11.1 Å². The molecule has 0 aromatic heterocycles. The predicted molar refractivity (Wildman–Crippen MR) is 104 cm³/mol. The quantitative estimate of drug-likeness (QED) is 0.437. The van der Waals surface area contributed by atoms with E-state index in [1.165, 1.54) is 37.3 Å². The summed E-state index contributed by atoms with van der Waals surface area (Å²) >= 11 is 0. The number of allylic oxidation sites excluding steroid dienone is 1. The van der Waals surface area contributed by atoms with Crippen molar-refractivity contribution in [2.24, 2.45) is 5.92 Å². The molecule has 1 fully saturated rings. The number of fused-ring (bicyclic) bond motifs is 1. The molecule has 0 radical (unpaired) electrons. The molecule has 0 amide bonds. The lowest BCUT2D eigenvalue weighted by Crippen LogP contribution is -2.11. The summed E-state index contributed by atoms with van der Waals surface area (Å²) in [7, 11) is 0. The Bertz CT molecular complexity index is 932. The van der Waals surface area contributed by atoms with Crippen LogP contribution < -0.4 is 0 Å². The van der Waals surface area contributed by atoms with Gasteiger partial charge in [0.2, 0.25) is 0 Å². The van der Waals surface area contributed by atoms with Crippen LogP contribution in [-0.4, -0.2) is 0 Å². The molecule has 1 aliphatic carbocycles. The molecule has 0 heterocycles. The molecule has 4 rings (SSSR count). The van der Waals surface area contributed by atoms with E-state index < -0.39 is 11.6 Å². The van der Waals surface area contributed by atoms with E-state index >= 15 is 0 Å². The van der Waals surface area contributed by atoms with Gasteiger partial charge in [0.1, 0.15) is 0 Å². The molecular formula is C24H22F2. The van der Waals surface area contributed by atoms with Gasteiger partial charge in [0.15, 0.2) is 11.6 Å². The number of benzene rings is 3. The second-order valence-electron chi connectivity index (χ2n) is 7.27. The van der Waals surface area contributed by atoms with Crippen molar-refractivity contribution < 1.29 is 8.78 Å². The molecule has 0 N–H and O–H groups in total.